The smallest absolute Gasteiger partial charge is 0.256 e. The van der Waals surface area contributed by atoms with Gasteiger partial charge < -0.3 is 5.32 Å². The number of hydrogen-bond acceptors (Lipinski definition) is 4. The molecule has 2 aliphatic rings. The quantitative estimate of drug-likeness (QED) is 0.491. The molecule has 2 atom stereocenters. The molecule has 0 fully saturated rings. The van der Waals surface area contributed by atoms with E-state index >= 15 is 0 Å². The first kappa shape index (κ1) is 24.7. The molecule has 2 aliphatic carbocycles. The first-order chi connectivity index (χ1) is 16.3. The van der Waals surface area contributed by atoms with Crippen LogP contribution >= 0.6 is 23.2 Å². The number of hydrogen-bond donors (Lipinski definition) is 1. The van der Waals surface area contributed by atoms with Gasteiger partial charge in [0.05, 0.1) is 22.4 Å². The lowest BCUT2D eigenvalue weighted by atomic mass is 9.93. The van der Waals surface area contributed by atoms with Crippen LogP contribution in [0.25, 0.3) is 16.3 Å². The maximum Gasteiger partial charge on any atom is 0.256 e. The highest BCUT2D eigenvalue weighted by Gasteiger charge is 2.24. The van der Waals surface area contributed by atoms with Gasteiger partial charge in [0.25, 0.3) is 5.91 Å². The Labute approximate surface area is 210 Å². The lowest BCUT2D eigenvalue weighted by Crippen LogP contribution is -2.27. The van der Waals surface area contributed by atoms with E-state index in [0.717, 1.165) is 22.0 Å². The molecule has 1 heterocycles. The van der Waals surface area contributed by atoms with Gasteiger partial charge in [-0.1, -0.05) is 61.0 Å². The summed E-state index contributed by atoms with van der Waals surface area (Å²) in [7, 11) is -3.03. The van der Waals surface area contributed by atoms with E-state index in [1.165, 1.54) is 0 Å². The van der Waals surface area contributed by atoms with Crippen LogP contribution < -0.4 is 5.32 Å². The van der Waals surface area contributed by atoms with Gasteiger partial charge in [-0.3, -0.25) is 9.78 Å². The van der Waals surface area contributed by atoms with Gasteiger partial charge >= 0.3 is 0 Å². The number of aromatic nitrogens is 1. The molecule has 1 amide bonds. The zero-order valence-electron chi connectivity index (χ0n) is 18.8. The van der Waals surface area contributed by atoms with E-state index in [1.54, 1.807) is 25.3 Å². The molecule has 178 valence electrons. The normalized spacial score (nSPS) is 20.8. The molecule has 0 spiro atoms. The zero-order chi connectivity index (χ0) is 24.3. The van der Waals surface area contributed by atoms with Crippen LogP contribution in [0.5, 0.6) is 0 Å². The minimum Gasteiger partial charge on any atom is -0.322 e. The van der Waals surface area contributed by atoms with Crippen LogP contribution in [-0.4, -0.2) is 36.2 Å². The number of fused-ring (bicyclic) bond motifs is 1. The second kappa shape index (κ2) is 10.5. The van der Waals surface area contributed by atoms with Gasteiger partial charge in [-0.2, -0.15) is 0 Å². The number of sulfone groups is 1. The van der Waals surface area contributed by atoms with E-state index in [1.807, 2.05) is 42.5 Å². The van der Waals surface area contributed by atoms with E-state index < -0.39 is 9.84 Å². The first-order valence-corrected chi connectivity index (χ1v) is 13.9. The van der Waals surface area contributed by atoms with E-state index in [-0.39, 0.29) is 28.7 Å². The summed E-state index contributed by atoms with van der Waals surface area (Å²) in [5.74, 6) is -0.0586. The van der Waals surface area contributed by atoms with Gasteiger partial charge in [0.2, 0.25) is 0 Å². The predicted molar refractivity (Wildman–Crippen MR) is 139 cm³/mol. The molecule has 34 heavy (non-hydrogen) atoms. The Bertz CT molecular complexity index is 1340. The molecule has 1 aromatic heterocycles. The minimum atomic E-state index is -3.03. The van der Waals surface area contributed by atoms with Crippen LogP contribution in [-0.2, 0) is 14.6 Å². The van der Waals surface area contributed by atoms with Gasteiger partial charge in [0, 0.05) is 28.1 Å². The summed E-state index contributed by atoms with van der Waals surface area (Å²) in [4.78, 5) is 17.5. The maximum absolute atomic E-state index is 13.0. The number of rotatable bonds is 7. The SMILES string of the molecule is CCS(=O)(=O)CCC1C=C(Cl)C(C(=O)NC2=CCC(Cl)C(c3nccc4ccccc34)=C2)=CC1. The summed E-state index contributed by atoms with van der Waals surface area (Å²) in [6, 6.07) is 9.94. The highest BCUT2D eigenvalue weighted by Crippen LogP contribution is 2.34. The second-order valence-electron chi connectivity index (χ2n) is 8.45. The summed E-state index contributed by atoms with van der Waals surface area (Å²) in [6.45, 7) is 1.64. The monoisotopic (exact) mass is 516 g/mol. The molecule has 0 bridgehead atoms. The molecule has 0 aliphatic heterocycles. The number of pyridine rings is 1. The highest BCUT2D eigenvalue weighted by atomic mass is 35.5. The Morgan fingerprint density at radius 1 is 1.18 bits per heavy atom. The molecular weight excluding hydrogens is 491 g/mol. The average molecular weight is 517 g/mol. The van der Waals surface area contributed by atoms with Crippen LogP contribution in [0.2, 0.25) is 0 Å². The van der Waals surface area contributed by atoms with Crippen LogP contribution in [0.3, 0.4) is 0 Å². The van der Waals surface area contributed by atoms with Crippen molar-refractivity contribution in [3.8, 4) is 0 Å². The summed E-state index contributed by atoms with van der Waals surface area (Å²) in [6.07, 6.45) is 10.7. The van der Waals surface area contributed by atoms with E-state index in [2.05, 4.69) is 10.3 Å². The number of amides is 1. The summed E-state index contributed by atoms with van der Waals surface area (Å²) < 4.78 is 23.6. The molecular formula is C26H26Cl2N2O3S. The van der Waals surface area contributed by atoms with Crippen molar-refractivity contribution in [3.63, 3.8) is 0 Å². The van der Waals surface area contributed by atoms with E-state index in [9.17, 15) is 13.2 Å². The van der Waals surface area contributed by atoms with Crippen LogP contribution in [0.4, 0.5) is 0 Å². The van der Waals surface area contributed by atoms with Gasteiger partial charge in [0.1, 0.15) is 9.84 Å². The third-order valence-electron chi connectivity index (χ3n) is 6.15. The first-order valence-electron chi connectivity index (χ1n) is 11.3. The molecule has 8 heteroatoms. The Morgan fingerprint density at radius 3 is 2.74 bits per heavy atom. The summed E-state index contributed by atoms with van der Waals surface area (Å²) >= 11 is 13.0. The number of alkyl halides is 1. The molecule has 1 aromatic carbocycles. The third-order valence-corrected chi connectivity index (χ3v) is 8.63. The zero-order valence-corrected chi connectivity index (χ0v) is 21.1. The van der Waals surface area contributed by atoms with Crippen molar-refractivity contribution < 1.29 is 13.2 Å². The van der Waals surface area contributed by atoms with Crippen molar-refractivity contribution in [3.05, 3.63) is 82.8 Å². The average Bonchev–Trinajstić information content (AvgIpc) is 2.83. The fourth-order valence-electron chi connectivity index (χ4n) is 4.14. The Morgan fingerprint density at radius 2 is 1.97 bits per heavy atom. The fourth-order valence-corrected chi connectivity index (χ4v) is 5.68. The Hall–Kier alpha value is -2.41. The molecule has 4 rings (SSSR count). The number of allylic oxidation sites excluding steroid dienone is 5. The predicted octanol–water partition coefficient (Wildman–Crippen LogP) is 5.52. The van der Waals surface area contributed by atoms with Crippen LogP contribution in [0.1, 0.15) is 31.9 Å². The summed E-state index contributed by atoms with van der Waals surface area (Å²) in [5.41, 5.74) is 2.70. The molecule has 5 nitrogen and oxygen atoms in total. The molecule has 0 saturated heterocycles. The van der Waals surface area contributed by atoms with Crippen molar-refractivity contribution in [2.24, 2.45) is 5.92 Å². The second-order valence-corrected chi connectivity index (χ2v) is 11.9. The molecule has 2 unspecified atom stereocenters. The van der Waals surface area contributed by atoms with Crippen molar-refractivity contribution in [2.45, 2.75) is 31.6 Å². The molecule has 0 saturated carbocycles. The molecule has 1 N–H and O–H groups in total. The number of benzene rings is 1. The van der Waals surface area contributed by atoms with Crippen LogP contribution in [0, 0.1) is 5.92 Å². The molecule has 2 aromatic rings. The van der Waals surface area contributed by atoms with Crippen molar-refractivity contribution in [2.75, 3.05) is 11.5 Å². The number of nitrogens with zero attached hydrogens (tertiary/aromatic N) is 1. The maximum atomic E-state index is 13.0. The van der Waals surface area contributed by atoms with Crippen molar-refractivity contribution in [1.82, 2.24) is 10.3 Å². The van der Waals surface area contributed by atoms with Gasteiger partial charge in [-0.15, -0.1) is 11.6 Å². The topological polar surface area (TPSA) is 76.1 Å². The Balaban J connectivity index is 1.48. The highest BCUT2D eigenvalue weighted by molar-refractivity contribution is 7.91. The van der Waals surface area contributed by atoms with Gasteiger partial charge in [-0.05, 0) is 48.3 Å². The Kier molecular flexibility index (Phi) is 7.60. The van der Waals surface area contributed by atoms with Crippen molar-refractivity contribution >= 4 is 55.3 Å². The largest absolute Gasteiger partial charge is 0.322 e. The van der Waals surface area contributed by atoms with E-state index in [0.29, 0.717) is 35.6 Å². The number of nitrogens with one attached hydrogen (secondary N) is 1. The molecule has 0 radical (unpaired) electrons. The van der Waals surface area contributed by atoms with Crippen LogP contribution in [0.15, 0.2) is 77.1 Å². The standard InChI is InChI=1S/C26H26Cl2N2O3S/c1-2-34(32,33)14-12-17-7-9-21(24(28)15-17)26(31)30-19-8-10-23(27)22(16-19)25-20-6-4-3-5-18(20)11-13-29-25/h3-6,8-9,11,13,15-17,23H,2,7,10,12,14H2,1H3,(H,30,31). The van der Waals surface area contributed by atoms with Crippen molar-refractivity contribution in [1.29, 1.82) is 0 Å². The number of carbonyl (C=O) groups excluding carboxylic acids is 1. The third kappa shape index (κ3) is 5.62. The lowest BCUT2D eigenvalue weighted by Gasteiger charge is -2.22. The minimum absolute atomic E-state index is 0.000197. The van der Waals surface area contributed by atoms with Gasteiger partial charge in [0.15, 0.2) is 0 Å². The number of halogens is 2. The summed E-state index contributed by atoms with van der Waals surface area (Å²) in [5, 5.41) is 5.10. The van der Waals surface area contributed by atoms with Gasteiger partial charge in [-0.25, -0.2) is 8.42 Å². The number of carbonyl (C=O) groups is 1. The fraction of sp³-hybridized carbons (Fsp3) is 0.308. The lowest BCUT2D eigenvalue weighted by molar-refractivity contribution is -0.116. The van der Waals surface area contributed by atoms with E-state index in [4.69, 9.17) is 23.2 Å².